The predicted molar refractivity (Wildman–Crippen MR) is 59.4 cm³/mol. The second-order valence-electron chi connectivity index (χ2n) is 2.79. The first-order valence-electron chi connectivity index (χ1n) is 4.41. The van der Waals surface area contributed by atoms with Crippen LogP contribution in [-0.2, 0) is 0 Å². The van der Waals surface area contributed by atoms with Gasteiger partial charge in [-0.15, -0.1) is 11.6 Å². The normalized spacial score (nSPS) is 8.87. The van der Waals surface area contributed by atoms with E-state index in [4.69, 9.17) is 11.6 Å². The van der Waals surface area contributed by atoms with E-state index in [9.17, 15) is 9.59 Å². The maximum Gasteiger partial charge on any atom is 0.151 e. The highest BCUT2D eigenvalue weighted by Gasteiger charge is 2.03. The topological polar surface area (TPSA) is 34.1 Å². The van der Waals surface area contributed by atoms with Crippen LogP contribution in [0.4, 0.5) is 0 Å². The van der Waals surface area contributed by atoms with Gasteiger partial charge < -0.3 is 0 Å². The van der Waals surface area contributed by atoms with Crippen LogP contribution in [0.5, 0.6) is 0 Å². The Morgan fingerprint density at radius 2 is 1.80 bits per heavy atom. The highest BCUT2D eigenvalue weighted by Crippen LogP contribution is 2.10. The Kier molecular flexibility index (Phi) is 4.59. The van der Waals surface area contributed by atoms with Crippen molar-refractivity contribution in [1.82, 2.24) is 0 Å². The fraction of sp³-hybridized carbons (Fsp3) is 0.167. The number of rotatable bonds is 3. The minimum atomic E-state index is 0.432. The summed E-state index contributed by atoms with van der Waals surface area (Å²) in [6, 6.07) is 4.91. The van der Waals surface area contributed by atoms with Crippen molar-refractivity contribution in [2.45, 2.75) is 6.42 Å². The zero-order valence-electron chi connectivity index (χ0n) is 8.00. The van der Waals surface area contributed by atoms with E-state index in [1.54, 1.807) is 18.2 Å². The standard InChI is InChI=1S/C12H9ClO2/c13-7-2-1-6-12-10(8-14)4-3-5-11(12)9-15/h3-5,8-9H,2,7H2. The molecule has 1 rings (SSSR count). The van der Waals surface area contributed by atoms with E-state index in [0.717, 1.165) is 0 Å². The molecule has 0 atom stereocenters. The van der Waals surface area contributed by atoms with Gasteiger partial charge in [0.2, 0.25) is 0 Å². The molecule has 0 radical (unpaired) electrons. The van der Waals surface area contributed by atoms with Gasteiger partial charge in [-0.25, -0.2) is 0 Å². The molecule has 0 N–H and O–H groups in total. The van der Waals surface area contributed by atoms with Crippen LogP contribution < -0.4 is 0 Å². The molecule has 0 saturated carbocycles. The van der Waals surface area contributed by atoms with Gasteiger partial charge in [0.25, 0.3) is 0 Å². The van der Waals surface area contributed by atoms with Crippen LogP contribution in [0.3, 0.4) is 0 Å². The first-order chi connectivity index (χ1) is 7.33. The minimum Gasteiger partial charge on any atom is -0.298 e. The van der Waals surface area contributed by atoms with Gasteiger partial charge >= 0.3 is 0 Å². The van der Waals surface area contributed by atoms with Crippen LogP contribution in [0, 0.1) is 11.8 Å². The highest BCUT2D eigenvalue weighted by atomic mass is 35.5. The van der Waals surface area contributed by atoms with Crippen LogP contribution >= 0.6 is 11.6 Å². The summed E-state index contributed by atoms with van der Waals surface area (Å²) in [5.74, 6) is 6.03. The largest absolute Gasteiger partial charge is 0.298 e. The Morgan fingerprint density at radius 1 is 1.20 bits per heavy atom. The van der Waals surface area contributed by atoms with Crippen LogP contribution in [0.2, 0.25) is 0 Å². The molecule has 0 bridgehead atoms. The summed E-state index contributed by atoms with van der Waals surface area (Å²) in [4.78, 5) is 21.4. The third-order valence-corrected chi connectivity index (χ3v) is 2.00. The number of alkyl halides is 1. The Bertz CT molecular complexity index is 401. The second kappa shape index (κ2) is 6.00. The lowest BCUT2D eigenvalue weighted by molar-refractivity contribution is 0.112. The predicted octanol–water partition coefficient (Wildman–Crippen LogP) is 2.29. The number of halogens is 1. The van der Waals surface area contributed by atoms with Gasteiger partial charge in [-0.1, -0.05) is 30.0 Å². The van der Waals surface area contributed by atoms with Crippen molar-refractivity contribution in [3.8, 4) is 11.8 Å². The summed E-state index contributed by atoms with van der Waals surface area (Å²) in [5.41, 5.74) is 1.34. The van der Waals surface area contributed by atoms with Gasteiger partial charge in [0, 0.05) is 29.0 Å². The molecule has 0 aromatic heterocycles. The van der Waals surface area contributed by atoms with E-state index >= 15 is 0 Å². The van der Waals surface area contributed by atoms with Crippen molar-refractivity contribution >= 4 is 24.2 Å². The SMILES string of the molecule is O=Cc1cccc(C=O)c1C#CCCCl. The number of hydrogen-bond acceptors (Lipinski definition) is 2. The first-order valence-corrected chi connectivity index (χ1v) is 4.95. The van der Waals surface area contributed by atoms with Crippen molar-refractivity contribution in [2.75, 3.05) is 5.88 Å². The molecule has 0 unspecified atom stereocenters. The zero-order chi connectivity index (χ0) is 11.1. The first kappa shape index (κ1) is 11.5. The third kappa shape index (κ3) is 2.93. The second-order valence-corrected chi connectivity index (χ2v) is 3.17. The molecule has 0 saturated heterocycles. The van der Waals surface area contributed by atoms with E-state index in [1.165, 1.54) is 0 Å². The number of aldehydes is 2. The van der Waals surface area contributed by atoms with E-state index in [0.29, 0.717) is 41.6 Å². The van der Waals surface area contributed by atoms with Gasteiger partial charge in [-0.2, -0.15) is 0 Å². The van der Waals surface area contributed by atoms with Crippen LogP contribution in [-0.4, -0.2) is 18.5 Å². The van der Waals surface area contributed by atoms with Crippen molar-refractivity contribution in [2.24, 2.45) is 0 Å². The molecular weight excluding hydrogens is 212 g/mol. The molecule has 0 aliphatic rings. The van der Waals surface area contributed by atoms with Crippen LogP contribution in [0.25, 0.3) is 0 Å². The molecule has 1 aromatic rings. The molecule has 3 heteroatoms. The molecule has 76 valence electrons. The summed E-state index contributed by atoms with van der Waals surface area (Å²) in [5, 5.41) is 0. The number of carbonyl (C=O) groups is 2. The third-order valence-electron chi connectivity index (χ3n) is 1.82. The van der Waals surface area contributed by atoms with Gasteiger partial charge in [0.15, 0.2) is 12.6 Å². The molecule has 0 heterocycles. The molecule has 0 fully saturated rings. The van der Waals surface area contributed by atoms with Crippen LogP contribution in [0.1, 0.15) is 32.7 Å². The summed E-state index contributed by atoms with van der Waals surface area (Å²) >= 11 is 5.47. The molecule has 0 aliphatic carbocycles. The monoisotopic (exact) mass is 220 g/mol. The van der Waals surface area contributed by atoms with E-state index in [-0.39, 0.29) is 0 Å². The summed E-state index contributed by atoms with van der Waals surface area (Å²) in [7, 11) is 0. The maximum absolute atomic E-state index is 10.7. The fourth-order valence-electron chi connectivity index (χ4n) is 1.13. The molecular formula is C12H9ClO2. The molecule has 2 nitrogen and oxygen atoms in total. The molecule has 0 spiro atoms. The van der Waals surface area contributed by atoms with E-state index in [2.05, 4.69) is 11.8 Å². The lowest BCUT2D eigenvalue weighted by atomic mass is 10.0. The van der Waals surface area contributed by atoms with Gasteiger partial charge in [0.1, 0.15) is 0 Å². The molecule has 0 aliphatic heterocycles. The Balaban J connectivity index is 3.18. The smallest absolute Gasteiger partial charge is 0.151 e. The van der Waals surface area contributed by atoms with Gasteiger partial charge in [-0.05, 0) is 0 Å². The summed E-state index contributed by atoms with van der Waals surface area (Å²) in [6.07, 6.45) is 1.92. The Labute approximate surface area is 93.2 Å². The summed E-state index contributed by atoms with van der Waals surface area (Å²) in [6.45, 7) is 0. The number of hydrogen-bond donors (Lipinski definition) is 0. The number of benzene rings is 1. The molecule has 1 aromatic carbocycles. The fourth-order valence-corrected chi connectivity index (χ4v) is 1.22. The van der Waals surface area contributed by atoms with Crippen molar-refractivity contribution in [3.63, 3.8) is 0 Å². The molecule has 15 heavy (non-hydrogen) atoms. The number of carbonyl (C=O) groups excluding carboxylic acids is 2. The lowest BCUT2D eigenvalue weighted by Gasteiger charge is -1.99. The minimum absolute atomic E-state index is 0.432. The Hall–Kier alpha value is -1.59. The maximum atomic E-state index is 10.7. The quantitative estimate of drug-likeness (QED) is 0.445. The van der Waals surface area contributed by atoms with Gasteiger partial charge in [0.05, 0.1) is 0 Å². The van der Waals surface area contributed by atoms with Gasteiger partial charge in [-0.3, -0.25) is 9.59 Å². The van der Waals surface area contributed by atoms with Crippen LogP contribution in [0.15, 0.2) is 18.2 Å². The van der Waals surface area contributed by atoms with Crippen molar-refractivity contribution in [1.29, 1.82) is 0 Å². The average Bonchev–Trinajstić information content (AvgIpc) is 2.29. The lowest BCUT2D eigenvalue weighted by Crippen LogP contribution is -1.93. The van der Waals surface area contributed by atoms with Crippen molar-refractivity contribution < 1.29 is 9.59 Å². The molecule has 0 amide bonds. The highest BCUT2D eigenvalue weighted by molar-refractivity contribution is 6.18. The van der Waals surface area contributed by atoms with Crippen molar-refractivity contribution in [3.05, 3.63) is 34.9 Å². The average molecular weight is 221 g/mol. The van der Waals surface area contributed by atoms with E-state index in [1.807, 2.05) is 0 Å². The zero-order valence-corrected chi connectivity index (χ0v) is 8.75. The summed E-state index contributed by atoms with van der Waals surface area (Å²) < 4.78 is 0. The Morgan fingerprint density at radius 3 is 2.27 bits per heavy atom. The van der Waals surface area contributed by atoms with E-state index < -0.39 is 0 Å².